The third kappa shape index (κ3) is 3.45. The molecular formula is C19H15ClF3N3O4. The third-order valence-corrected chi connectivity index (χ3v) is 5.64. The molecule has 30 heavy (non-hydrogen) atoms. The van der Waals surface area contributed by atoms with E-state index >= 15 is 0 Å². The Morgan fingerprint density at radius 1 is 1.30 bits per heavy atom. The molecule has 0 atom stereocenters. The second-order valence-electron chi connectivity index (χ2n) is 7.26. The average Bonchev–Trinajstić information content (AvgIpc) is 2.95. The van der Waals surface area contributed by atoms with Crippen LogP contribution in [0.4, 0.5) is 18.9 Å². The Morgan fingerprint density at radius 2 is 2.00 bits per heavy atom. The van der Waals surface area contributed by atoms with Crippen LogP contribution in [0.2, 0.25) is 5.02 Å². The molecule has 1 fully saturated rings. The van der Waals surface area contributed by atoms with Crippen LogP contribution in [0.3, 0.4) is 0 Å². The molecule has 7 nitrogen and oxygen atoms in total. The molecule has 4 rings (SSSR count). The highest BCUT2D eigenvalue weighted by Gasteiger charge is 2.51. The molecule has 11 heteroatoms. The number of anilines is 1. The highest BCUT2D eigenvalue weighted by molar-refractivity contribution is 6.30. The monoisotopic (exact) mass is 441 g/mol. The van der Waals surface area contributed by atoms with Gasteiger partial charge < -0.3 is 15.2 Å². The van der Waals surface area contributed by atoms with Crippen LogP contribution in [0.25, 0.3) is 0 Å². The smallest absolute Gasteiger partial charge is 0.421 e. The normalized spacial score (nSPS) is 23.2. The van der Waals surface area contributed by atoms with Crippen LogP contribution in [-0.4, -0.2) is 33.1 Å². The van der Waals surface area contributed by atoms with E-state index in [-0.39, 0.29) is 42.3 Å². The molecule has 1 amide bonds. The van der Waals surface area contributed by atoms with Gasteiger partial charge in [0, 0.05) is 6.20 Å². The Bertz CT molecular complexity index is 1040. The lowest BCUT2D eigenvalue weighted by Gasteiger charge is -2.35. The maximum absolute atomic E-state index is 13.3. The van der Waals surface area contributed by atoms with Gasteiger partial charge in [-0.25, -0.2) is 14.8 Å². The molecule has 1 aliphatic carbocycles. The summed E-state index contributed by atoms with van der Waals surface area (Å²) in [5, 5.41) is 11.7. The standard InChI is InChI=1S/C19H15ClF3N3O4/c20-9-7-11(19(21,22)23)15(24-8-9)30-10-3-5-18(6-4-10)14-12(26-17(18)29)1-2-13(25-14)16(27)28/h1-2,7-8,10H,3-6H2,(H,26,29)(H,27,28). The molecule has 0 unspecified atom stereocenters. The van der Waals surface area contributed by atoms with Gasteiger partial charge in [0.15, 0.2) is 0 Å². The number of amides is 1. The zero-order valence-electron chi connectivity index (χ0n) is 15.3. The molecule has 2 aromatic rings. The molecule has 1 aliphatic heterocycles. The van der Waals surface area contributed by atoms with Crippen LogP contribution in [0.5, 0.6) is 5.88 Å². The van der Waals surface area contributed by atoms with Gasteiger partial charge in [-0.15, -0.1) is 0 Å². The number of pyridine rings is 2. The van der Waals surface area contributed by atoms with Crippen molar-refractivity contribution in [2.75, 3.05) is 5.32 Å². The molecule has 0 bridgehead atoms. The Kier molecular flexibility index (Phi) is 4.84. The lowest BCUT2D eigenvalue weighted by Crippen LogP contribution is -2.41. The number of carboxylic acids is 1. The van der Waals surface area contributed by atoms with E-state index in [0.717, 1.165) is 12.3 Å². The average molecular weight is 442 g/mol. The van der Waals surface area contributed by atoms with Crippen molar-refractivity contribution in [1.82, 2.24) is 9.97 Å². The van der Waals surface area contributed by atoms with Gasteiger partial charge >= 0.3 is 12.1 Å². The maximum atomic E-state index is 13.3. The minimum absolute atomic E-state index is 0.156. The van der Waals surface area contributed by atoms with Crippen LogP contribution in [0.15, 0.2) is 24.4 Å². The summed E-state index contributed by atoms with van der Waals surface area (Å²) in [6, 6.07) is 3.56. The van der Waals surface area contributed by atoms with Gasteiger partial charge in [0.05, 0.1) is 21.8 Å². The molecule has 3 heterocycles. The fourth-order valence-corrected chi connectivity index (χ4v) is 4.10. The number of carboxylic acid groups (broad SMARTS) is 1. The van der Waals surface area contributed by atoms with Crippen LogP contribution >= 0.6 is 11.6 Å². The Balaban J connectivity index is 1.55. The number of halogens is 4. The second kappa shape index (κ2) is 7.12. The van der Waals surface area contributed by atoms with Crippen LogP contribution in [0.1, 0.15) is 47.4 Å². The molecule has 0 saturated heterocycles. The van der Waals surface area contributed by atoms with Gasteiger partial charge in [0.25, 0.3) is 0 Å². The van der Waals surface area contributed by atoms with Gasteiger partial charge in [0.2, 0.25) is 11.8 Å². The molecule has 2 aromatic heterocycles. The first-order valence-corrected chi connectivity index (χ1v) is 9.43. The summed E-state index contributed by atoms with van der Waals surface area (Å²) in [4.78, 5) is 31.7. The Hall–Kier alpha value is -2.88. The number of hydrogen-bond acceptors (Lipinski definition) is 5. The number of carbonyl (C=O) groups excluding carboxylic acids is 1. The summed E-state index contributed by atoms with van der Waals surface area (Å²) in [5.74, 6) is -2.07. The lowest BCUT2D eigenvalue weighted by atomic mass is 9.71. The molecule has 158 valence electrons. The summed E-state index contributed by atoms with van der Waals surface area (Å²) >= 11 is 5.64. The van der Waals surface area contributed by atoms with Gasteiger partial charge in [-0.1, -0.05) is 11.6 Å². The molecular weight excluding hydrogens is 427 g/mol. The molecule has 0 radical (unpaired) electrons. The summed E-state index contributed by atoms with van der Waals surface area (Å²) in [6.45, 7) is 0. The summed E-state index contributed by atoms with van der Waals surface area (Å²) < 4.78 is 45.3. The molecule has 1 saturated carbocycles. The van der Waals surface area contributed by atoms with Gasteiger partial charge in [-0.3, -0.25) is 4.79 Å². The minimum Gasteiger partial charge on any atom is -0.477 e. The van der Waals surface area contributed by atoms with E-state index in [1.54, 1.807) is 0 Å². The van der Waals surface area contributed by atoms with E-state index in [2.05, 4.69) is 15.3 Å². The van der Waals surface area contributed by atoms with Gasteiger partial charge in [-0.05, 0) is 43.9 Å². The quantitative estimate of drug-likeness (QED) is 0.745. The van der Waals surface area contributed by atoms with Crippen molar-refractivity contribution < 1.29 is 32.6 Å². The van der Waals surface area contributed by atoms with Gasteiger partial charge in [-0.2, -0.15) is 13.2 Å². The van der Waals surface area contributed by atoms with Crippen molar-refractivity contribution in [1.29, 1.82) is 0 Å². The zero-order chi connectivity index (χ0) is 21.7. The van der Waals surface area contributed by atoms with Crippen molar-refractivity contribution >= 4 is 29.2 Å². The Morgan fingerprint density at radius 3 is 2.63 bits per heavy atom. The summed E-state index contributed by atoms with van der Waals surface area (Å²) in [7, 11) is 0. The van der Waals surface area contributed by atoms with E-state index in [1.807, 2.05) is 0 Å². The van der Waals surface area contributed by atoms with Crippen molar-refractivity contribution in [2.24, 2.45) is 0 Å². The molecule has 2 aliphatic rings. The van der Waals surface area contributed by atoms with E-state index < -0.39 is 35.1 Å². The van der Waals surface area contributed by atoms with E-state index in [9.17, 15) is 27.9 Å². The number of hydrogen-bond donors (Lipinski definition) is 2. The maximum Gasteiger partial charge on any atom is 0.421 e. The minimum atomic E-state index is -4.68. The predicted octanol–water partition coefficient (Wildman–Crippen LogP) is 4.06. The van der Waals surface area contributed by atoms with Crippen LogP contribution < -0.4 is 10.1 Å². The van der Waals surface area contributed by atoms with Crippen molar-refractivity contribution in [3.8, 4) is 5.88 Å². The highest BCUT2D eigenvalue weighted by Crippen LogP contribution is 2.47. The predicted molar refractivity (Wildman–Crippen MR) is 98.6 cm³/mol. The fraction of sp³-hybridized carbons (Fsp3) is 0.368. The number of ether oxygens (including phenoxy) is 1. The molecule has 2 N–H and O–H groups in total. The largest absolute Gasteiger partial charge is 0.477 e. The number of nitrogens with zero attached hydrogens (tertiary/aromatic N) is 2. The van der Waals surface area contributed by atoms with Crippen molar-refractivity contribution in [2.45, 2.75) is 43.4 Å². The van der Waals surface area contributed by atoms with Crippen molar-refractivity contribution in [3.05, 3.63) is 46.4 Å². The number of fused-ring (bicyclic) bond motifs is 2. The van der Waals surface area contributed by atoms with Gasteiger partial charge in [0.1, 0.15) is 17.4 Å². The topological polar surface area (TPSA) is 101 Å². The molecule has 0 aromatic carbocycles. The SMILES string of the molecule is O=C(O)c1ccc2c(n1)C1(CCC(Oc3ncc(Cl)cc3C(F)(F)F)CC1)C(=O)N2. The zero-order valence-corrected chi connectivity index (χ0v) is 16.0. The first kappa shape index (κ1) is 20.4. The van der Waals surface area contributed by atoms with Crippen LogP contribution in [-0.2, 0) is 16.4 Å². The number of aromatic carboxylic acids is 1. The number of carbonyl (C=O) groups is 2. The first-order chi connectivity index (χ1) is 14.1. The number of rotatable bonds is 3. The molecule has 1 spiro atoms. The highest BCUT2D eigenvalue weighted by atomic mass is 35.5. The van der Waals surface area contributed by atoms with E-state index in [4.69, 9.17) is 16.3 Å². The van der Waals surface area contributed by atoms with Crippen LogP contribution in [0, 0.1) is 0 Å². The number of aromatic nitrogens is 2. The fourth-order valence-electron chi connectivity index (χ4n) is 3.94. The third-order valence-electron chi connectivity index (χ3n) is 5.44. The number of nitrogens with one attached hydrogen (secondary N) is 1. The Labute approximate surface area is 173 Å². The lowest BCUT2D eigenvalue weighted by molar-refractivity contribution is -0.139. The summed E-state index contributed by atoms with van der Waals surface area (Å²) in [6.07, 6.45) is -3.15. The summed E-state index contributed by atoms with van der Waals surface area (Å²) in [5.41, 5.74) is -1.47. The van der Waals surface area contributed by atoms with E-state index in [0.29, 0.717) is 11.4 Å². The van der Waals surface area contributed by atoms with E-state index in [1.165, 1.54) is 12.1 Å². The van der Waals surface area contributed by atoms with Crippen molar-refractivity contribution in [3.63, 3.8) is 0 Å². The second-order valence-corrected chi connectivity index (χ2v) is 7.69. The number of alkyl halides is 3. The first-order valence-electron chi connectivity index (χ1n) is 9.06.